The first kappa shape index (κ1) is 15.6. The van der Waals surface area contributed by atoms with E-state index in [0.29, 0.717) is 16.3 Å². The smallest absolute Gasteiger partial charge is 0.249 e. The number of anilines is 1. The van der Waals surface area contributed by atoms with Gasteiger partial charge in [0.25, 0.3) is 0 Å². The quantitative estimate of drug-likeness (QED) is 0.734. The molecule has 3 aromatic carbocycles. The third kappa shape index (κ3) is 2.73. The highest BCUT2D eigenvalue weighted by atomic mass is 35.5. The Morgan fingerprint density at radius 1 is 1.04 bits per heavy atom. The first-order valence-electron chi connectivity index (χ1n) is 6.72. The van der Waals surface area contributed by atoms with Crippen LogP contribution >= 0.6 is 23.4 Å². The molecule has 0 bridgehead atoms. The van der Waals surface area contributed by atoms with Gasteiger partial charge in [0.05, 0.1) is 23.3 Å². The van der Waals surface area contributed by atoms with E-state index in [0.717, 1.165) is 9.79 Å². The normalized spacial score (nSPS) is 10.9. The summed E-state index contributed by atoms with van der Waals surface area (Å²) in [5, 5.41) is 0.531. The molecular weight excluding hydrogens is 334 g/mol. The van der Waals surface area contributed by atoms with E-state index >= 15 is 0 Å². The topological polar surface area (TPSA) is 69.4 Å². The van der Waals surface area contributed by atoms with Crippen LogP contribution in [0.4, 0.5) is 5.69 Å². The molecule has 0 heterocycles. The number of hydrogen-bond donors (Lipinski definition) is 1. The maximum atomic E-state index is 11.8. The minimum Gasteiger partial charge on any atom is -0.496 e. The maximum absolute atomic E-state index is 11.8. The van der Waals surface area contributed by atoms with Crippen LogP contribution in [-0.2, 0) is 0 Å². The van der Waals surface area contributed by atoms with E-state index in [2.05, 4.69) is 0 Å². The summed E-state index contributed by atoms with van der Waals surface area (Å²) in [6.45, 7) is 0. The Morgan fingerprint density at radius 2 is 1.78 bits per heavy atom. The molecule has 6 heteroatoms. The number of methoxy groups -OCH3 is 1. The highest BCUT2D eigenvalue weighted by molar-refractivity contribution is 7.99. The monoisotopic (exact) mass is 345 g/mol. The molecule has 116 valence electrons. The van der Waals surface area contributed by atoms with Gasteiger partial charge in [-0.1, -0.05) is 41.6 Å². The number of nitrogens with two attached hydrogens (primary N) is 1. The van der Waals surface area contributed by atoms with Crippen LogP contribution < -0.4 is 21.3 Å². The van der Waals surface area contributed by atoms with Gasteiger partial charge in [-0.3, -0.25) is 9.59 Å². The van der Waals surface area contributed by atoms with E-state index in [9.17, 15) is 9.59 Å². The van der Waals surface area contributed by atoms with E-state index in [1.54, 1.807) is 25.3 Å². The Balaban J connectivity index is 2.11. The van der Waals surface area contributed by atoms with Crippen molar-refractivity contribution in [2.45, 2.75) is 9.79 Å². The first-order valence-corrected chi connectivity index (χ1v) is 7.92. The number of rotatable bonds is 4. The second-order valence-electron chi connectivity index (χ2n) is 4.84. The zero-order chi connectivity index (χ0) is 16.6. The van der Waals surface area contributed by atoms with Crippen molar-refractivity contribution in [2.75, 3.05) is 12.8 Å². The van der Waals surface area contributed by atoms with Crippen molar-refractivity contribution in [3.05, 3.63) is 67.9 Å². The molecule has 0 radical (unpaired) electrons. The summed E-state index contributed by atoms with van der Waals surface area (Å²) in [7, 11) is 1.59. The molecule has 0 amide bonds. The molecule has 0 aromatic heterocycles. The van der Waals surface area contributed by atoms with Crippen LogP contribution in [0.3, 0.4) is 0 Å². The standard InChI is InChI=1S/C17H12ClNO3S/c1-22-11-4-2-3-5-12(11)23-13-8-9(18)6-7-10(13)14-15(19)17(21)16(14)20/h2-8H,19H2,1H3. The van der Waals surface area contributed by atoms with Crippen LogP contribution in [0, 0.1) is 0 Å². The summed E-state index contributed by atoms with van der Waals surface area (Å²) in [6.07, 6.45) is 0. The molecule has 3 rings (SSSR count). The van der Waals surface area contributed by atoms with Crippen LogP contribution in [0.1, 0.15) is 0 Å². The van der Waals surface area contributed by atoms with E-state index in [-0.39, 0.29) is 11.3 Å². The van der Waals surface area contributed by atoms with Crippen molar-refractivity contribution >= 4 is 29.1 Å². The lowest BCUT2D eigenvalue weighted by Gasteiger charge is -2.14. The highest BCUT2D eigenvalue weighted by Gasteiger charge is 2.22. The summed E-state index contributed by atoms with van der Waals surface area (Å²) >= 11 is 7.48. The second kappa shape index (κ2) is 6.10. The number of benzene rings is 2. The average molecular weight is 346 g/mol. The van der Waals surface area contributed by atoms with Crippen molar-refractivity contribution in [1.29, 1.82) is 0 Å². The Morgan fingerprint density at radius 3 is 2.48 bits per heavy atom. The highest BCUT2D eigenvalue weighted by Crippen LogP contribution is 2.41. The Bertz CT molecular complexity index is 961. The van der Waals surface area contributed by atoms with Gasteiger partial charge in [-0.05, 0) is 24.3 Å². The van der Waals surface area contributed by atoms with E-state index in [1.165, 1.54) is 11.8 Å². The predicted molar refractivity (Wildman–Crippen MR) is 93.3 cm³/mol. The fourth-order valence-electron chi connectivity index (χ4n) is 2.29. The van der Waals surface area contributed by atoms with Gasteiger partial charge in [0.1, 0.15) is 5.75 Å². The van der Waals surface area contributed by atoms with Gasteiger partial charge in [0, 0.05) is 15.5 Å². The number of nitrogen functional groups attached to an aromatic ring is 1. The Labute approximate surface area is 141 Å². The fraction of sp³-hybridized carbons (Fsp3) is 0.0588. The third-order valence-electron chi connectivity index (χ3n) is 3.45. The SMILES string of the molecule is COc1ccccc1Sc1cc(Cl)ccc1-c1c(N)c(=O)c1=O. The Hall–Kier alpha value is -2.24. The molecule has 0 aliphatic rings. The molecule has 2 N–H and O–H groups in total. The van der Waals surface area contributed by atoms with Crippen LogP contribution in [0.15, 0.2) is 61.8 Å². The average Bonchev–Trinajstić information content (AvgIpc) is 2.57. The van der Waals surface area contributed by atoms with Crippen LogP contribution in [-0.4, -0.2) is 7.11 Å². The molecule has 0 unspecified atom stereocenters. The molecule has 4 nitrogen and oxygen atoms in total. The Kier molecular flexibility index (Phi) is 4.15. The van der Waals surface area contributed by atoms with Gasteiger partial charge in [-0.15, -0.1) is 0 Å². The summed E-state index contributed by atoms with van der Waals surface area (Å²) in [4.78, 5) is 24.8. The van der Waals surface area contributed by atoms with Crippen molar-refractivity contribution in [3.63, 3.8) is 0 Å². The molecule has 0 saturated carbocycles. The third-order valence-corrected chi connectivity index (χ3v) is 4.80. The van der Waals surface area contributed by atoms with Gasteiger partial charge in [-0.25, -0.2) is 0 Å². The minimum atomic E-state index is -0.636. The lowest BCUT2D eigenvalue weighted by molar-refractivity contribution is 0.405. The largest absolute Gasteiger partial charge is 0.496 e. The van der Waals surface area contributed by atoms with Crippen molar-refractivity contribution < 1.29 is 4.74 Å². The van der Waals surface area contributed by atoms with E-state index in [4.69, 9.17) is 22.1 Å². The molecule has 3 aromatic rings. The summed E-state index contributed by atoms with van der Waals surface area (Å²) in [5.74, 6) is 0.710. The van der Waals surface area contributed by atoms with E-state index in [1.807, 2.05) is 24.3 Å². The number of para-hydroxylation sites is 1. The van der Waals surface area contributed by atoms with Gasteiger partial charge in [-0.2, -0.15) is 0 Å². The van der Waals surface area contributed by atoms with Gasteiger partial charge < -0.3 is 10.5 Å². The first-order chi connectivity index (χ1) is 11.0. The second-order valence-corrected chi connectivity index (χ2v) is 6.36. The van der Waals surface area contributed by atoms with E-state index < -0.39 is 10.9 Å². The zero-order valence-corrected chi connectivity index (χ0v) is 13.7. The molecular formula is C17H12ClNO3S. The van der Waals surface area contributed by atoms with Crippen LogP contribution in [0.5, 0.6) is 5.75 Å². The molecule has 0 atom stereocenters. The molecule has 23 heavy (non-hydrogen) atoms. The molecule has 0 fully saturated rings. The molecule has 0 spiro atoms. The maximum Gasteiger partial charge on any atom is 0.249 e. The molecule has 0 saturated heterocycles. The van der Waals surface area contributed by atoms with Crippen molar-refractivity contribution in [1.82, 2.24) is 0 Å². The summed E-state index contributed by atoms with van der Waals surface area (Å²) in [6, 6.07) is 12.6. The molecule has 0 aliphatic carbocycles. The minimum absolute atomic E-state index is 0.000742. The molecule has 0 aliphatic heterocycles. The number of ether oxygens (including phenoxy) is 1. The van der Waals surface area contributed by atoms with Crippen molar-refractivity contribution in [3.8, 4) is 16.9 Å². The van der Waals surface area contributed by atoms with Gasteiger partial charge >= 0.3 is 0 Å². The zero-order valence-electron chi connectivity index (χ0n) is 12.1. The van der Waals surface area contributed by atoms with Gasteiger partial charge in [0.2, 0.25) is 10.9 Å². The lowest BCUT2D eigenvalue weighted by Crippen LogP contribution is -2.35. The van der Waals surface area contributed by atoms with Crippen molar-refractivity contribution in [2.24, 2.45) is 0 Å². The lowest BCUT2D eigenvalue weighted by atomic mass is 9.99. The van der Waals surface area contributed by atoms with Crippen LogP contribution in [0.25, 0.3) is 11.1 Å². The number of halogens is 1. The van der Waals surface area contributed by atoms with Gasteiger partial charge in [0.15, 0.2) is 0 Å². The summed E-state index contributed by atoms with van der Waals surface area (Å²) in [5.41, 5.74) is 5.35. The van der Waals surface area contributed by atoms with Crippen LogP contribution in [0.2, 0.25) is 5.02 Å². The predicted octanol–water partition coefficient (Wildman–Crippen LogP) is 3.35. The fourth-order valence-corrected chi connectivity index (χ4v) is 3.62. The summed E-state index contributed by atoms with van der Waals surface area (Å²) < 4.78 is 5.34. The number of hydrogen-bond acceptors (Lipinski definition) is 5.